The second kappa shape index (κ2) is 12.2. The Balaban J connectivity index is 0.000000343. The number of carboxylic acid groups (broad SMARTS) is 2. The fourth-order valence-corrected chi connectivity index (χ4v) is 2.80. The zero-order chi connectivity index (χ0) is 26.1. The molecule has 16 heteroatoms. The van der Waals surface area contributed by atoms with Gasteiger partial charge in [-0.15, -0.1) is 0 Å². The maximum absolute atomic E-state index is 10.6. The molecule has 0 aliphatic carbocycles. The molecule has 0 aromatic carbocycles. The molecule has 0 bridgehead atoms. The number of aromatic nitrogens is 4. The lowest BCUT2D eigenvalue weighted by atomic mass is 10.2. The highest BCUT2D eigenvalue weighted by molar-refractivity contribution is 7.08. The van der Waals surface area contributed by atoms with Crippen LogP contribution in [0.2, 0.25) is 0 Å². The molecule has 0 saturated carbocycles. The molecule has 0 aliphatic rings. The van der Waals surface area contributed by atoms with E-state index >= 15 is 0 Å². The monoisotopic (exact) mass is 515 g/mol. The summed E-state index contributed by atoms with van der Waals surface area (Å²) in [6, 6.07) is 4.19. The van der Waals surface area contributed by atoms with Gasteiger partial charge in [0.05, 0.1) is 12.2 Å². The molecule has 0 spiro atoms. The lowest BCUT2D eigenvalue weighted by Crippen LogP contribution is -2.21. The number of hydrogen-bond acceptors (Lipinski definition) is 6. The smallest absolute Gasteiger partial charge is 0.475 e. The Morgan fingerprint density at radius 1 is 1.09 bits per heavy atom. The van der Waals surface area contributed by atoms with Gasteiger partial charge < -0.3 is 15.2 Å². The fourth-order valence-electron chi connectivity index (χ4n) is 2.15. The van der Waals surface area contributed by atoms with Crippen LogP contribution in [-0.4, -0.2) is 66.6 Å². The first-order valence-electron chi connectivity index (χ1n) is 8.95. The van der Waals surface area contributed by atoms with Gasteiger partial charge in [0.25, 0.3) is 0 Å². The van der Waals surface area contributed by atoms with Crippen LogP contribution in [0.25, 0.3) is 11.3 Å². The van der Waals surface area contributed by atoms with Gasteiger partial charge in [-0.3, -0.25) is 10.00 Å². The van der Waals surface area contributed by atoms with Crippen LogP contribution >= 0.6 is 11.3 Å². The first kappa shape index (κ1) is 28.6. The van der Waals surface area contributed by atoms with Crippen molar-refractivity contribution < 1.29 is 46.1 Å². The zero-order valence-corrected chi connectivity index (χ0v) is 18.3. The normalized spacial score (nSPS) is 11.3. The van der Waals surface area contributed by atoms with Crippen molar-refractivity contribution in [2.75, 3.05) is 7.05 Å². The van der Waals surface area contributed by atoms with Crippen LogP contribution in [0.3, 0.4) is 0 Å². The molecule has 4 N–H and O–H groups in total. The number of alkyl halides is 6. The van der Waals surface area contributed by atoms with E-state index in [1.165, 1.54) is 5.56 Å². The minimum Gasteiger partial charge on any atom is -0.475 e. The Morgan fingerprint density at radius 3 is 2.06 bits per heavy atom. The molecule has 0 radical (unpaired) electrons. The van der Waals surface area contributed by atoms with E-state index in [2.05, 4.69) is 55.0 Å². The van der Waals surface area contributed by atoms with Gasteiger partial charge in [-0.1, -0.05) is 0 Å². The van der Waals surface area contributed by atoms with E-state index in [4.69, 9.17) is 19.8 Å². The number of rotatable bonds is 5. The summed E-state index contributed by atoms with van der Waals surface area (Å²) in [5.41, 5.74) is 4.37. The lowest BCUT2D eigenvalue weighted by molar-refractivity contribution is -0.193. The average Bonchev–Trinajstić information content (AvgIpc) is 3.43. The van der Waals surface area contributed by atoms with Crippen LogP contribution in [0.5, 0.6) is 0 Å². The molecule has 3 heterocycles. The SMILES string of the molecule is Cc1cnc(CN(C)Cc2cc(-c3ccsc3)n[nH]2)[nH]1.O=C(O)C(F)(F)F.O=C(O)C(F)(F)F. The highest BCUT2D eigenvalue weighted by Gasteiger charge is 2.38. The average molecular weight is 515 g/mol. The van der Waals surface area contributed by atoms with Crippen LogP contribution < -0.4 is 0 Å². The lowest BCUT2D eigenvalue weighted by Gasteiger charge is -2.13. The molecule has 0 amide bonds. The minimum absolute atomic E-state index is 0.792. The molecule has 0 unspecified atom stereocenters. The quantitative estimate of drug-likeness (QED) is 0.376. The van der Waals surface area contributed by atoms with Crippen LogP contribution in [0.4, 0.5) is 26.3 Å². The molecule has 0 aliphatic heterocycles. The van der Waals surface area contributed by atoms with Crippen LogP contribution in [0.1, 0.15) is 17.2 Å². The van der Waals surface area contributed by atoms with Crippen molar-refractivity contribution in [2.24, 2.45) is 0 Å². The summed E-state index contributed by atoms with van der Waals surface area (Å²) in [4.78, 5) is 27.6. The largest absolute Gasteiger partial charge is 0.490 e. The Labute approximate surface area is 192 Å². The highest BCUT2D eigenvalue weighted by atomic mass is 32.1. The molecule has 3 rings (SSSR count). The topological polar surface area (TPSA) is 135 Å². The van der Waals surface area contributed by atoms with Gasteiger partial charge in [0, 0.05) is 35.1 Å². The van der Waals surface area contributed by atoms with Crippen LogP contribution in [0, 0.1) is 6.92 Å². The Bertz CT molecular complexity index is 1020. The number of aliphatic carboxylic acids is 2. The second-order valence-electron chi connectivity index (χ2n) is 6.58. The van der Waals surface area contributed by atoms with E-state index < -0.39 is 24.3 Å². The number of carboxylic acids is 2. The zero-order valence-electron chi connectivity index (χ0n) is 17.5. The summed E-state index contributed by atoms with van der Waals surface area (Å²) in [6.07, 6.45) is -8.31. The minimum atomic E-state index is -5.08. The Morgan fingerprint density at radius 2 is 1.65 bits per heavy atom. The third kappa shape index (κ3) is 10.5. The van der Waals surface area contributed by atoms with Gasteiger partial charge in [-0.25, -0.2) is 14.6 Å². The van der Waals surface area contributed by atoms with Crippen molar-refractivity contribution in [1.29, 1.82) is 0 Å². The maximum atomic E-state index is 10.6. The molecule has 34 heavy (non-hydrogen) atoms. The number of carbonyl (C=O) groups is 2. The van der Waals surface area contributed by atoms with Gasteiger partial charge in [0.1, 0.15) is 5.82 Å². The third-order valence-corrected chi connectivity index (χ3v) is 4.23. The van der Waals surface area contributed by atoms with E-state index in [1.54, 1.807) is 11.3 Å². The first-order chi connectivity index (χ1) is 15.6. The number of nitrogens with one attached hydrogen (secondary N) is 2. The molecule has 3 aromatic rings. The summed E-state index contributed by atoms with van der Waals surface area (Å²) in [5, 5.41) is 25.9. The van der Waals surface area contributed by atoms with Gasteiger partial charge in [0.2, 0.25) is 0 Å². The first-order valence-corrected chi connectivity index (χ1v) is 9.90. The molecular weight excluding hydrogens is 496 g/mol. The summed E-state index contributed by atoms with van der Waals surface area (Å²) in [6.45, 7) is 3.62. The van der Waals surface area contributed by atoms with E-state index in [1.807, 2.05) is 13.1 Å². The number of aromatic amines is 2. The van der Waals surface area contributed by atoms with Crippen molar-refractivity contribution in [3.05, 3.63) is 46.3 Å². The molecule has 188 valence electrons. The molecule has 0 fully saturated rings. The maximum Gasteiger partial charge on any atom is 0.490 e. The number of H-pyrrole nitrogens is 2. The fraction of sp³-hybridized carbons (Fsp3) is 0.333. The van der Waals surface area contributed by atoms with Crippen LogP contribution in [-0.2, 0) is 22.7 Å². The van der Waals surface area contributed by atoms with Gasteiger partial charge in [-0.05, 0) is 31.5 Å². The predicted octanol–water partition coefficient (Wildman–Crippen LogP) is 4.07. The predicted molar refractivity (Wildman–Crippen MR) is 108 cm³/mol. The third-order valence-electron chi connectivity index (χ3n) is 3.55. The number of aryl methyl sites for hydroxylation is 1. The van der Waals surface area contributed by atoms with Crippen molar-refractivity contribution in [3.8, 4) is 11.3 Å². The van der Waals surface area contributed by atoms with E-state index in [-0.39, 0.29) is 0 Å². The van der Waals surface area contributed by atoms with Gasteiger partial charge >= 0.3 is 24.3 Å². The summed E-state index contributed by atoms with van der Waals surface area (Å²) < 4.78 is 63.5. The van der Waals surface area contributed by atoms with E-state index in [9.17, 15) is 26.3 Å². The molecule has 3 aromatic heterocycles. The van der Waals surface area contributed by atoms with Gasteiger partial charge in [-0.2, -0.15) is 42.8 Å². The van der Waals surface area contributed by atoms with Crippen LogP contribution in [0.15, 0.2) is 29.1 Å². The van der Waals surface area contributed by atoms with Crippen molar-refractivity contribution in [2.45, 2.75) is 32.4 Å². The standard InChI is InChI=1S/C14H17N5S.2C2HF3O2/c1-10-6-15-14(16-10)8-19(2)7-12-5-13(18-17-12)11-3-4-20-9-11;2*3-2(4,5)1(6)7/h3-6,9H,7-8H2,1-2H3,(H,15,16)(H,17,18);2*(H,6,7). The Kier molecular flexibility index (Phi) is 10.3. The van der Waals surface area contributed by atoms with E-state index in [0.717, 1.165) is 36.0 Å². The number of imidazole rings is 1. The van der Waals surface area contributed by atoms with Crippen molar-refractivity contribution >= 4 is 23.3 Å². The molecule has 9 nitrogen and oxygen atoms in total. The Hall–Kier alpha value is -3.40. The highest BCUT2D eigenvalue weighted by Crippen LogP contribution is 2.21. The van der Waals surface area contributed by atoms with Crippen molar-refractivity contribution in [1.82, 2.24) is 25.1 Å². The molecular formula is C18H19F6N5O4S. The van der Waals surface area contributed by atoms with E-state index in [0.29, 0.717) is 0 Å². The summed E-state index contributed by atoms with van der Waals surface area (Å²) in [7, 11) is 2.07. The summed E-state index contributed by atoms with van der Waals surface area (Å²) >= 11 is 1.68. The summed E-state index contributed by atoms with van der Waals surface area (Å²) in [5.74, 6) is -4.53. The second-order valence-corrected chi connectivity index (χ2v) is 7.36. The number of nitrogens with zero attached hydrogens (tertiary/aromatic N) is 3. The number of hydrogen-bond donors (Lipinski definition) is 4. The van der Waals surface area contributed by atoms with Gasteiger partial charge in [0.15, 0.2) is 0 Å². The molecule has 0 saturated heterocycles. The molecule has 0 atom stereocenters. The van der Waals surface area contributed by atoms with Crippen molar-refractivity contribution in [3.63, 3.8) is 0 Å². The number of halogens is 6. The number of thiophene rings is 1.